The van der Waals surface area contributed by atoms with Gasteiger partial charge < -0.3 is 35.1 Å². The predicted molar refractivity (Wildman–Crippen MR) is 196 cm³/mol. The predicted octanol–water partition coefficient (Wildman–Crippen LogP) is 4.01. The van der Waals surface area contributed by atoms with Crippen LogP contribution in [0.25, 0.3) is 0 Å². The number of ether oxygens (including phenoxy) is 3. The molecule has 2 aliphatic rings. The van der Waals surface area contributed by atoms with Crippen LogP contribution in [0.15, 0.2) is 103 Å². The van der Waals surface area contributed by atoms with E-state index in [1.807, 2.05) is 78.9 Å². The van der Waals surface area contributed by atoms with Gasteiger partial charge in [-0.3, -0.25) is 14.7 Å². The van der Waals surface area contributed by atoms with E-state index in [0.29, 0.717) is 25.9 Å². The van der Waals surface area contributed by atoms with Crippen LogP contribution in [0.5, 0.6) is 5.75 Å². The van der Waals surface area contributed by atoms with Crippen LogP contribution in [-0.2, 0) is 40.1 Å². The van der Waals surface area contributed by atoms with E-state index in [0.717, 1.165) is 66.4 Å². The van der Waals surface area contributed by atoms with Gasteiger partial charge >= 0.3 is 6.09 Å². The summed E-state index contributed by atoms with van der Waals surface area (Å²) in [6.45, 7) is 4.70. The Kier molecular flexibility index (Phi) is 13.2. The Labute approximate surface area is 304 Å². The number of benzene rings is 3. The Morgan fingerprint density at radius 2 is 1.60 bits per heavy atom. The molecule has 0 saturated carbocycles. The second kappa shape index (κ2) is 18.6. The zero-order valence-corrected chi connectivity index (χ0v) is 29.3. The highest BCUT2D eigenvalue weighted by atomic mass is 16.5. The molecule has 0 radical (unpaired) electrons. The first kappa shape index (κ1) is 37.0. The molecule has 6 rings (SSSR count). The van der Waals surface area contributed by atoms with Crippen LogP contribution in [0.4, 0.5) is 4.79 Å². The van der Waals surface area contributed by atoms with Crippen molar-refractivity contribution in [3.05, 3.63) is 131 Å². The van der Waals surface area contributed by atoms with Crippen molar-refractivity contribution in [3.63, 3.8) is 0 Å². The fourth-order valence-corrected chi connectivity index (χ4v) is 6.85. The Hall–Kier alpha value is -4.81. The number of pyridine rings is 1. The molecule has 0 bridgehead atoms. The summed E-state index contributed by atoms with van der Waals surface area (Å²) >= 11 is 0. The first-order valence-electron chi connectivity index (χ1n) is 18.0. The van der Waals surface area contributed by atoms with Crippen molar-refractivity contribution in [2.45, 2.75) is 56.6 Å². The van der Waals surface area contributed by atoms with E-state index in [4.69, 9.17) is 14.2 Å². The zero-order valence-electron chi connectivity index (χ0n) is 29.3. The minimum absolute atomic E-state index is 0.0473. The molecular weight excluding hydrogens is 660 g/mol. The number of carbonyl (C=O) groups excluding carboxylic acids is 2. The van der Waals surface area contributed by atoms with Gasteiger partial charge in [0, 0.05) is 44.4 Å². The van der Waals surface area contributed by atoms with E-state index in [1.165, 1.54) is 0 Å². The molecule has 274 valence electrons. The number of aliphatic hydroxyl groups is 2. The van der Waals surface area contributed by atoms with E-state index in [-0.39, 0.29) is 18.9 Å². The van der Waals surface area contributed by atoms with Gasteiger partial charge in [0.2, 0.25) is 5.91 Å². The monoisotopic (exact) mass is 708 g/mol. The summed E-state index contributed by atoms with van der Waals surface area (Å²) in [5, 5.41) is 28.7. The van der Waals surface area contributed by atoms with E-state index in [1.54, 1.807) is 24.5 Å². The zero-order chi connectivity index (χ0) is 36.1. The molecule has 11 heteroatoms. The summed E-state index contributed by atoms with van der Waals surface area (Å²) < 4.78 is 16.9. The molecule has 5 atom stereocenters. The highest BCUT2D eigenvalue weighted by molar-refractivity contribution is 5.80. The Balaban J connectivity index is 1.16. The second-order valence-corrected chi connectivity index (χ2v) is 13.5. The van der Waals surface area contributed by atoms with E-state index >= 15 is 0 Å². The molecule has 3 unspecified atom stereocenters. The molecule has 3 aromatic carbocycles. The van der Waals surface area contributed by atoms with Crippen LogP contribution in [0.1, 0.15) is 40.3 Å². The second-order valence-electron chi connectivity index (χ2n) is 13.5. The molecule has 2 heterocycles. The fraction of sp³-hybridized carbons (Fsp3) is 0.390. The molecule has 1 aromatic heterocycles. The maximum absolute atomic E-state index is 14.1. The quantitative estimate of drug-likeness (QED) is 0.136. The fourth-order valence-electron chi connectivity index (χ4n) is 6.85. The Morgan fingerprint density at radius 3 is 2.37 bits per heavy atom. The van der Waals surface area contributed by atoms with Crippen molar-refractivity contribution in [2.75, 3.05) is 39.5 Å². The number of hydrogen-bond donors (Lipinski definition) is 4. The average molecular weight is 709 g/mol. The third kappa shape index (κ3) is 10.6. The molecule has 11 nitrogen and oxygen atoms in total. The molecule has 0 spiro atoms. The minimum atomic E-state index is -1.10. The van der Waals surface area contributed by atoms with Crippen LogP contribution in [0.3, 0.4) is 0 Å². The molecule has 2 amide bonds. The third-order valence-corrected chi connectivity index (χ3v) is 9.77. The number of aliphatic hydroxyl groups excluding tert-OH is 2. The van der Waals surface area contributed by atoms with Crippen molar-refractivity contribution in [1.82, 2.24) is 20.5 Å². The van der Waals surface area contributed by atoms with E-state index in [2.05, 4.69) is 20.5 Å². The summed E-state index contributed by atoms with van der Waals surface area (Å²) in [5.74, 6) is -0.235. The average Bonchev–Trinajstić information content (AvgIpc) is 3.49. The standard InChI is InChI=1S/C41H48N4O7/c46-37(36(25-29-6-2-1-3-7-29)43-41(49)52-28-31-14-16-42-17-15-31)27-33(40(48)44-39-35-9-5-4-8-32(35)26-38(39)47)24-30-10-12-34(13-11-30)51-23-20-45-18-21-50-22-19-45/h1-17,33,36-39,46-47H,18-28H2,(H,43,49)(H,44,48)/t33?,36?,37?,38-,39-/m0/s1. The molecule has 4 N–H and O–H groups in total. The van der Waals surface area contributed by atoms with Gasteiger partial charge in [0.15, 0.2) is 0 Å². The summed E-state index contributed by atoms with van der Waals surface area (Å²) in [5.41, 5.74) is 4.48. The number of alkyl carbamates (subject to hydrolysis) is 1. The maximum Gasteiger partial charge on any atom is 0.407 e. The van der Waals surface area contributed by atoms with Gasteiger partial charge in [0.05, 0.1) is 37.5 Å². The molecule has 1 fully saturated rings. The molecule has 1 saturated heterocycles. The number of aromatic nitrogens is 1. The number of amides is 2. The maximum atomic E-state index is 14.1. The SMILES string of the molecule is O=C(NC(Cc1ccccc1)C(O)CC(Cc1ccc(OCCN2CCOCC2)cc1)C(=O)N[C@H]1c2ccccc2C[C@@H]1O)OCc1ccncc1. The molecule has 1 aliphatic carbocycles. The van der Waals surface area contributed by atoms with E-state index in [9.17, 15) is 19.8 Å². The highest BCUT2D eigenvalue weighted by Gasteiger charge is 2.35. The molecule has 1 aliphatic heterocycles. The van der Waals surface area contributed by atoms with Crippen molar-refractivity contribution >= 4 is 12.0 Å². The van der Waals surface area contributed by atoms with Crippen LogP contribution in [-0.4, -0.2) is 89.8 Å². The van der Waals surface area contributed by atoms with Gasteiger partial charge in [0.25, 0.3) is 0 Å². The minimum Gasteiger partial charge on any atom is -0.492 e. The number of rotatable bonds is 16. The third-order valence-electron chi connectivity index (χ3n) is 9.77. The van der Waals surface area contributed by atoms with Crippen molar-refractivity contribution in [2.24, 2.45) is 5.92 Å². The number of nitrogens with one attached hydrogen (secondary N) is 2. The van der Waals surface area contributed by atoms with Crippen molar-refractivity contribution in [1.29, 1.82) is 0 Å². The van der Waals surface area contributed by atoms with Crippen LogP contribution in [0.2, 0.25) is 0 Å². The van der Waals surface area contributed by atoms with Gasteiger partial charge in [-0.15, -0.1) is 0 Å². The summed E-state index contributed by atoms with van der Waals surface area (Å²) in [6.07, 6.45) is 1.87. The largest absolute Gasteiger partial charge is 0.492 e. The first-order valence-corrected chi connectivity index (χ1v) is 18.0. The topological polar surface area (TPSA) is 142 Å². The lowest BCUT2D eigenvalue weighted by atomic mass is 9.88. The van der Waals surface area contributed by atoms with Gasteiger partial charge in [-0.05, 0) is 71.3 Å². The number of hydrogen-bond acceptors (Lipinski definition) is 9. The lowest BCUT2D eigenvalue weighted by Crippen LogP contribution is -2.47. The first-order chi connectivity index (χ1) is 25.4. The normalized spacial score (nSPS) is 18.8. The van der Waals surface area contributed by atoms with Gasteiger partial charge in [-0.25, -0.2) is 4.79 Å². The van der Waals surface area contributed by atoms with Crippen LogP contribution < -0.4 is 15.4 Å². The highest BCUT2D eigenvalue weighted by Crippen LogP contribution is 2.32. The lowest BCUT2D eigenvalue weighted by molar-refractivity contribution is -0.127. The number of carbonyl (C=O) groups is 2. The lowest BCUT2D eigenvalue weighted by Gasteiger charge is -2.28. The molecular formula is C41H48N4O7. The summed E-state index contributed by atoms with van der Waals surface area (Å²) in [4.78, 5) is 33.5. The smallest absolute Gasteiger partial charge is 0.407 e. The summed E-state index contributed by atoms with van der Waals surface area (Å²) in [6, 6.07) is 27.2. The van der Waals surface area contributed by atoms with Gasteiger partial charge in [-0.1, -0.05) is 66.7 Å². The Morgan fingerprint density at radius 1 is 0.885 bits per heavy atom. The van der Waals surface area contributed by atoms with E-state index < -0.39 is 36.3 Å². The number of morpholine rings is 1. The van der Waals surface area contributed by atoms with Gasteiger partial charge in [0.1, 0.15) is 19.0 Å². The van der Waals surface area contributed by atoms with Crippen LogP contribution >= 0.6 is 0 Å². The molecule has 52 heavy (non-hydrogen) atoms. The van der Waals surface area contributed by atoms with Gasteiger partial charge in [-0.2, -0.15) is 0 Å². The molecule has 4 aromatic rings. The number of nitrogens with zero attached hydrogens (tertiary/aromatic N) is 2. The Bertz CT molecular complexity index is 1700. The van der Waals surface area contributed by atoms with Crippen molar-refractivity contribution in [3.8, 4) is 5.75 Å². The summed E-state index contributed by atoms with van der Waals surface area (Å²) in [7, 11) is 0. The van der Waals surface area contributed by atoms with Crippen molar-refractivity contribution < 1.29 is 34.0 Å². The number of fused-ring (bicyclic) bond motifs is 1. The van der Waals surface area contributed by atoms with Crippen LogP contribution in [0, 0.1) is 5.92 Å².